The highest BCUT2D eigenvalue weighted by Gasteiger charge is 2.55. The molecule has 0 unspecified atom stereocenters. The average molecular weight is 278 g/mol. The van der Waals surface area contributed by atoms with Crippen LogP contribution in [0.4, 0.5) is 8.78 Å². The first-order valence-electron chi connectivity index (χ1n) is 7.83. The van der Waals surface area contributed by atoms with Crippen LogP contribution in [0, 0.1) is 40.7 Å². The van der Waals surface area contributed by atoms with Gasteiger partial charge in [-0.2, -0.15) is 0 Å². The molecular formula is C18H24F2. The summed E-state index contributed by atoms with van der Waals surface area (Å²) in [6, 6.07) is 3.79. The SMILES string of the molecule is C[C@@H]1[C@@H](CCc2cc(F)ccc2F)C[C@H]2C[C@@H]1C2(C)C. The molecule has 20 heavy (non-hydrogen) atoms. The standard InChI is InChI=1S/C18H24F2/c1-11-12(8-14-10-16(11)18(14,2)3)4-5-13-9-15(19)6-7-17(13)20/h6-7,9,11-12,14,16H,4-5,8,10H2,1-3H3/t11-,12+,14+,16+/m1/s1. The minimum Gasteiger partial charge on any atom is -0.207 e. The third-order valence-electron chi connectivity index (χ3n) is 6.30. The van der Waals surface area contributed by atoms with E-state index in [0.29, 0.717) is 29.2 Å². The highest BCUT2D eigenvalue weighted by atomic mass is 19.1. The Kier molecular flexibility index (Phi) is 3.38. The molecule has 0 radical (unpaired) electrons. The van der Waals surface area contributed by atoms with Gasteiger partial charge in [0, 0.05) is 0 Å². The van der Waals surface area contributed by atoms with Crippen LogP contribution in [-0.2, 0) is 6.42 Å². The summed E-state index contributed by atoms with van der Waals surface area (Å²) < 4.78 is 26.9. The first-order chi connectivity index (χ1) is 9.39. The number of hydrogen-bond acceptors (Lipinski definition) is 0. The van der Waals surface area contributed by atoms with Crippen molar-refractivity contribution in [3.05, 3.63) is 35.4 Å². The monoisotopic (exact) mass is 278 g/mol. The average Bonchev–Trinajstić information content (AvgIpc) is 2.40. The van der Waals surface area contributed by atoms with Crippen LogP contribution in [0.3, 0.4) is 0 Å². The Bertz CT molecular complexity index is 506. The molecule has 3 fully saturated rings. The van der Waals surface area contributed by atoms with Crippen molar-refractivity contribution in [1.29, 1.82) is 0 Å². The molecule has 3 aliphatic carbocycles. The quantitative estimate of drug-likeness (QED) is 0.711. The maximum absolute atomic E-state index is 13.7. The molecule has 4 rings (SSSR count). The number of aryl methyl sites for hydroxylation is 1. The summed E-state index contributed by atoms with van der Waals surface area (Å²) in [6.07, 6.45) is 4.30. The van der Waals surface area contributed by atoms with Crippen LogP contribution in [0.5, 0.6) is 0 Å². The van der Waals surface area contributed by atoms with Gasteiger partial charge in [-0.1, -0.05) is 20.8 Å². The molecule has 0 heterocycles. The largest absolute Gasteiger partial charge is 0.207 e. The van der Waals surface area contributed by atoms with E-state index >= 15 is 0 Å². The molecule has 0 amide bonds. The highest BCUT2D eigenvalue weighted by molar-refractivity contribution is 5.19. The topological polar surface area (TPSA) is 0 Å². The summed E-state index contributed by atoms with van der Waals surface area (Å²) in [6.45, 7) is 7.14. The molecule has 0 aromatic heterocycles. The van der Waals surface area contributed by atoms with Crippen LogP contribution in [0.1, 0.15) is 45.6 Å². The number of hydrogen-bond donors (Lipinski definition) is 0. The van der Waals surface area contributed by atoms with Crippen LogP contribution in [-0.4, -0.2) is 0 Å². The summed E-state index contributed by atoms with van der Waals surface area (Å²) in [7, 11) is 0. The molecule has 2 heteroatoms. The van der Waals surface area contributed by atoms with E-state index in [1.165, 1.54) is 31.0 Å². The Morgan fingerprint density at radius 3 is 2.60 bits per heavy atom. The molecule has 4 atom stereocenters. The van der Waals surface area contributed by atoms with E-state index in [1.54, 1.807) is 0 Å². The van der Waals surface area contributed by atoms with Gasteiger partial charge in [0.15, 0.2) is 0 Å². The molecule has 1 aromatic rings. The van der Waals surface area contributed by atoms with Crippen molar-refractivity contribution in [3.63, 3.8) is 0 Å². The van der Waals surface area contributed by atoms with Crippen molar-refractivity contribution in [1.82, 2.24) is 0 Å². The maximum Gasteiger partial charge on any atom is 0.126 e. The van der Waals surface area contributed by atoms with Gasteiger partial charge in [-0.05, 0) is 78.5 Å². The van der Waals surface area contributed by atoms with Gasteiger partial charge in [-0.15, -0.1) is 0 Å². The normalized spacial score (nSPS) is 34.6. The lowest BCUT2D eigenvalue weighted by Gasteiger charge is -2.62. The molecule has 0 aliphatic heterocycles. The van der Waals surface area contributed by atoms with Crippen LogP contribution < -0.4 is 0 Å². The van der Waals surface area contributed by atoms with Crippen molar-refractivity contribution in [2.24, 2.45) is 29.1 Å². The summed E-state index contributed by atoms with van der Waals surface area (Å²) in [5.74, 6) is 2.46. The van der Waals surface area contributed by atoms with Gasteiger partial charge >= 0.3 is 0 Å². The van der Waals surface area contributed by atoms with Gasteiger partial charge in [-0.25, -0.2) is 8.78 Å². The number of rotatable bonds is 3. The van der Waals surface area contributed by atoms with Crippen molar-refractivity contribution in [2.45, 2.75) is 46.5 Å². The highest BCUT2D eigenvalue weighted by Crippen LogP contribution is 2.63. The molecule has 3 saturated carbocycles. The molecule has 0 nitrogen and oxygen atoms in total. The summed E-state index contributed by atoms with van der Waals surface area (Å²) in [5, 5.41) is 0. The van der Waals surface area contributed by atoms with Gasteiger partial charge in [0.25, 0.3) is 0 Å². The van der Waals surface area contributed by atoms with Gasteiger partial charge in [0.1, 0.15) is 11.6 Å². The Hall–Kier alpha value is -0.920. The van der Waals surface area contributed by atoms with Gasteiger partial charge in [0.2, 0.25) is 0 Å². The second-order valence-corrected chi connectivity index (χ2v) is 7.49. The Morgan fingerprint density at radius 1 is 1.20 bits per heavy atom. The lowest BCUT2D eigenvalue weighted by molar-refractivity contribution is -0.129. The first kappa shape index (κ1) is 14.0. The number of halogens is 2. The smallest absolute Gasteiger partial charge is 0.126 e. The van der Waals surface area contributed by atoms with Crippen LogP contribution in [0.25, 0.3) is 0 Å². The van der Waals surface area contributed by atoms with Crippen LogP contribution in [0.2, 0.25) is 0 Å². The third-order valence-corrected chi connectivity index (χ3v) is 6.30. The molecule has 0 spiro atoms. The lowest BCUT2D eigenvalue weighted by atomic mass is 9.43. The predicted molar refractivity (Wildman–Crippen MR) is 77.3 cm³/mol. The summed E-state index contributed by atoms with van der Waals surface area (Å²) >= 11 is 0. The molecule has 0 saturated heterocycles. The van der Waals surface area contributed by atoms with Crippen molar-refractivity contribution in [2.75, 3.05) is 0 Å². The molecule has 1 aromatic carbocycles. The van der Waals surface area contributed by atoms with Crippen molar-refractivity contribution >= 4 is 0 Å². The molecular weight excluding hydrogens is 254 g/mol. The van der Waals surface area contributed by atoms with E-state index in [4.69, 9.17) is 0 Å². The predicted octanol–water partition coefficient (Wildman–Crippen LogP) is 5.22. The zero-order valence-corrected chi connectivity index (χ0v) is 12.6. The Labute approximate surface area is 120 Å². The summed E-state index contributed by atoms with van der Waals surface area (Å²) in [4.78, 5) is 0. The van der Waals surface area contributed by atoms with Gasteiger partial charge in [0.05, 0.1) is 0 Å². The molecule has 2 bridgehead atoms. The van der Waals surface area contributed by atoms with Crippen LogP contribution in [0.15, 0.2) is 18.2 Å². The van der Waals surface area contributed by atoms with E-state index in [0.717, 1.165) is 18.3 Å². The van der Waals surface area contributed by atoms with E-state index in [-0.39, 0.29) is 11.6 Å². The lowest BCUT2D eigenvalue weighted by Crippen LogP contribution is -2.54. The van der Waals surface area contributed by atoms with Crippen molar-refractivity contribution in [3.8, 4) is 0 Å². The van der Waals surface area contributed by atoms with Gasteiger partial charge < -0.3 is 0 Å². The van der Waals surface area contributed by atoms with E-state index in [9.17, 15) is 8.78 Å². The van der Waals surface area contributed by atoms with E-state index < -0.39 is 0 Å². The maximum atomic E-state index is 13.7. The minimum atomic E-state index is -0.331. The number of benzene rings is 1. The zero-order valence-electron chi connectivity index (χ0n) is 12.6. The summed E-state index contributed by atoms with van der Waals surface area (Å²) in [5.41, 5.74) is 1.04. The fourth-order valence-corrected chi connectivity index (χ4v) is 4.71. The van der Waals surface area contributed by atoms with Crippen molar-refractivity contribution < 1.29 is 8.78 Å². The Balaban J connectivity index is 1.64. The molecule has 0 N–H and O–H groups in total. The van der Waals surface area contributed by atoms with E-state index in [2.05, 4.69) is 20.8 Å². The number of fused-ring (bicyclic) bond motifs is 2. The van der Waals surface area contributed by atoms with E-state index in [1.807, 2.05) is 0 Å². The second-order valence-electron chi connectivity index (χ2n) is 7.49. The molecule has 3 aliphatic rings. The fourth-order valence-electron chi connectivity index (χ4n) is 4.71. The second kappa shape index (κ2) is 4.82. The van der Waals surface area contributed by atoms with Gasteiger partial charge in [-0.3, -0.25) is 0 Å². The third kappa shape index (κ3) is 2.17. The minimum absolute atomic E-state index is 0.264. The Morgan fingerprint density at radius 2 is 1.95 bits per heavy atom. The zero-order chi connectivity index (χ0) is 14.5. The molecule has 110 valence electrons. The van der Waals surface area contributed by atoms with Crippen LogP contribution >= 0.6 is 0 Å². The fraction of sp³-hybridized carbons (Fsp3) is 0.667. The first-order valence-corrected chi connectivity index (χ1v) is 7.83.